The number of aromatic nitrogens is 2. The van der Waals surface area contributed by atoms with Crippen molar-refractivity contribution in [2.75, 3.05) is 0 Å². The van der Waals surface area contributed by atoms with Crippen LogP contribution in [0.4, 0.5) is 0 Å². The molecule has 3 heteroatoms. The van der Waals surface area contributed by atoms with Crippen LogP contribution in [0.15, 0.2) is 24.0 Å². The zero-order valence-corrected chi connectivity index (χ0v) is 13.5. The lowest BCUT2D eigenvalue weighted by Gasteiger charge is -2.16. The van der Waals surface area contributed by atoms with E-state index in [0.29, 0.717) is 24.1 Å². The zero-order valence-electron chi connectivity index (χ0n) is 13.5. The summed E-state index contributed by atoms with van der Waals surface area (Å²) in [5.74, 6) is 1.81. The van der Waals surface area contributed by atoms with E-state index in [2.05, 4.69) is 38.8 Å². The topological polar surface area (TPSA) is 34.9 Å². The van der Waals surface area contributed by atoms with Crippen LogP contribution in [-0.4, -0.2) is 15.3 Å². The molecule has 0 aliphatic carbocycles. The largest absolute Gasteiger partial charge is 0.332 e. The van der Waals surface area contributed by atoms with Crippen molar-refractivity contribution >= 4 is 5.78 Å². The summed E-state index contributed by atoms with van der Waals surface area (Å²) in [7, 11) is 1.87. The van der Waals surface area contributed by atoms with Gasteiger partial charge < -0.3 is 4.57 Å². The maximum atomic E-state index is 12.1. The lowest BCUT2D eigenvalue weighted by atomic mass is 9.90. The monoisotopic (exact) mass is 276 g/mol. The molecule has 1 rings (SSSR count). The fourth-order valence-electron chi connectivity index (χ4n) is 2.59. The summed E-state index contributed by atoms with van der Waals surface area (Å²) in [6, 6.07) is 0. The third kappa shape index (κ3) is 5.72. The number of imidazole rings is 1. The van der Waals surface area contributed by atoms with Gasteiger partial charge in [0, 0.05) is 25.9 Å². The number of aryl methyl sites for hydroxylation is 1. The highest BCUT2D eigenvalue weighted by Gasteiger charge is 2.16. The second-order valence-electron chi connectivity index (χ2n) is 6.29. The Labute approximate surface area is 123 Å². The average molecular weight is 276 g/mol. The summed E-state index contributed by atoms with van der Waals surface area (Å²) in [5, 5.41) is 0. The molecule has 1 aromatic rings. The van der Waals surface area contributed by atoms with Crippen LogP contribution >= 0.6 is 0 Å². The first kappa shape index (κ1) is 16.7. The normalized spacial score (nSPS) is 13.8. The van der Waals surface area contributed by atoms with Crippen molar-refractivity contribution in [2.24, 2.45) is 18.9 Å². The predicted octanol–water partition coefficient (Wildman–Crippen LogP) is 4.40. The van der Waals surface area contributed by atoms with Gasteiger partial charge in [-0.15, -0.1) is 0 Å². The van der Waals surface area contributed by atoms with E-state index >= 15 is 0 Å². The maximum absolute atomic E-state index is 12.1. The second kappa shape index (κ2) is 8.03. The third-order valence-electron chi connectivity index (χ3n) is 3.62. The van der Waals surface area contributed by atoms with Gasteiger partial charge in [-0.25, -0.2) is 4.98 Å². The van der Waals surface area contributed by atoms with Crippen molar-refractivity contribution in [3.63, 3.8) is 0 Å². The number of nitrogens with zero attached hydrogens (tertiary/aromatic N) is 2. The molecule has 0 aromatic carbocycles. The van der Waals surface area contributed by atoms with Gasteiger partial charge in [0.25, 0.3) is 0 Å². The molecule has 0 N–H and O–H groups in total. The summed E-state index contributed by atoms with van der Waals surface area (Å²) in [6.45, 7) is 8.72. The number of carbonyl (C=O) groups is 1. The summed E-state index contributed by atoms with van der Waals surface area (Å²) in [6.07, 6.45) is 9.83. The molecule has 0 fully saturated rings. The molecule has 0 aliphatic rings. The molecule has 1 heterocycles. The number of hydrogen-bond acceptors (Lipinski definition) is 2. The molecular weight excluding hydrogens is 248 g/mol. The Morgan fingerprint density at radius 3 is 2.60 bits per heavy atom. The Kier molecular flexibility index (Phi) is 6.69. The van der Waals surface area contributed by atoms with Crippen molar-refractivity contribution in [1.29, 1.82) is 0 Å². The first-order chi connectivity index (χ1) is 9.40. The highest BCUT2D eigenvalue weighted by atomic mass is 16.1. The van der Waals surface area contributed by atoms with Gasteiger partial charge in [0.15, 0.2) is 11.6 Å². The Morgan fingerprint density at radius 2 is 2.05 bits per heavy atom. The van der Waals surface area contributed by atoms with Gasteiger partial charge in [-0.05, 0) is 44.9 Å². The quantitative estimate of drug-likeness (QED) is 0.521. The van der Waals surface area contributed by atoms with E-state index in [-0.39, 0.29) is 5.78 Å². The number of hydrogen-bond donors (Lipinski definition) is 0. The number of allylic oxidation sites excluding steroid dienone is 2. The Bertz CT molecular complexity index is 455. The minimum absolute atomic E-state index is 0.154. The number of carbonyl (C=O) groups excluding carboxylic acids is 1. The first-order valence-electron chi connectivity index (χ1n) is 7.54. The van der Waals surface area contributed by atoms with E-state index in [1.165, 1.54) is 12.0 Å². The number of rotatable bonds is 8. The Hall–Kier alpha value is -1.38. The Balaban J connectivity index is 2.36. The Morgan fingerprint density at radius 1 is 1.35 bits per heavy atom. The van der Waals surface area contributed by atoms with Crippen molar-refractivity contribution in [3.8, 4) is 0 Å². The van der Waals surface area contributed by atoms with Crippen LogP contribution in [0, 0.1) is 11.8 Å². The summed E-state index contributed by atoms with van der Waals surface area (Å²) in [5.41, 5.74) is 1.38. The molecule has 0 aliphatic heterocycles. The maximum Gasteiger partial charge on any atom is 0.198 e. The van der Waals surface area contributed by atoms with E-state index in [9.17, 15) is 4.79 Å². The summed E-state index contributed by atoms with van der Waals surface area (Å²) in [4.78, 5) is 16.3. The predicted molar refractivity (Wildman–Crippen MR) is 83.8 cm³/mol. The van der Waals surface area contributed by atoms with Crippen molar-refractivity contribution < 1.29 is 4.79 Å². The number of ketones is 1. The molecule has 0 radical (unpaired) electrons. The molecule has 0 bridgehead atoms. The summed E-state index contributed by atoms with van der Waals surface area (Å²) >= 11 is 0. The minimum Gasteiger partial charge on any atom is -0.332 e. The molecule has 0 saturated carbocycles. The first-order valence-corrected chi connectivity index (χ1v) is 7.54. The van der Waals surface area contributed by atoms with Crippen molar-refractivity contribution in [2.45, 2.75) is 53.4 Å². The highest BCUT2D eigenvalue weighted by molar-refractivity contribution is 5.92. The molecule has 0 amide bonds. The van der Waals surface area contributed by atoms with Crippen LogP contribution in [0.3, 0.4) is 0 Å². The molecule has 0 unspecified atom stereocenters. The summed E-state index contributed by atoms with van der Waals surface area (Å²) < 4.78 is 1.80. The molecular formula is C17H28N2O. The van der Waals surface area contributed by atoms with Gasteiger partial charge >= 0.3 is 0 Å². The van der Waals surface area contributed by atoms with Gasteiger partial charge in [-0.3, -0.25) is 4.79 Å². The van der Waals surface area contributed by atoms with Gasteiger partial charge in [0.2, 0.25) is 0 Å². The third-order valence-corrected chi connectivity index (χ3v) is 3.62. The zero-order chi connectivity index (χ0) is 15.1. The molecule has 112 valence electrons. The standard InChI is InChI=1S/C17H28N2O/c1-13(2)7-6-8-14(3)11-15(4)12-16(20)17-18-9-10-19(17)5/h7,9-10,14-15H,6,8,11-12H2,1-5H3/t14-,15-/m1/s1. The lowest BCUT2D eigenvalue weighted by Crippen LogP contribution is -2.13. The van der Waals surface area contributed by atoms with Crippen LogP contribution < -0.4 is 0 Å². The van der Waals surface area contributed by atoms with Gasteiger partial charge in [0.05, 0.1) is 0 Å². The molecule has 2 atom stereocenters. The van der Waals surface area contributed by atoms with Gasteiger partial charge in [0.1, 0.15) is 0 Å². The van der Waals surface area contributed by atoms with Gasteiger partial charge in [-0.1, -0.05) is 25.5 Å². The molecule has 0 saturated heterocycles. The van der Waals surface area contributed by atoms with E-state index < -0.39 is 0 Å². The van der Waals surface area contributed by atoms with E-state index in [4.69, 9.17) is 0 Å². The minimum atomic E-state index is 0.154. The van der Waals surface area contributed by atoms with Crippen LogP contribution in [0.25, 0.3) is 0 Å². The highest BCUT2D eigenvalue weighted by Crippen LogP contribution is 2.21. The second-order valence-corrected chi connectivity index (χ2v) is 6.29. The number of Topliss-reactive ketones (excluding diaryl/α,β-unsaturated/α-hetero) is 1. The van der Waals surface area contributed by atoms with E-state index in [1.807, 2.05) is 13.2 Å². The van der Waals surface area contributed by atoms with Crippen LogP contribution in [0.2, 0.25) is 0 Å². The average Bonchev–Trinajstić information content (AvgIpc) is 2.74. The molecule has 1 aromatic heterocycles. The van der Waals surface area contributed by atoms with Crippen LogP contribution in [0.1, 0.15) is 64.0 Å². The smallest absolute Gasteiger partial charge is 0.198 e. The van der Waals surface area contributed by atoms with Crippen LogP contribution in [0.5, 0.6) is 0 Å². The molecule has 20 heavy (non-hydrogen) atoms. The SMILES string of the molecule is CC(C)=CCC[C@@H](C)C[C@@H](C)CC(=O)c1nccn1C. The van der Waals surface area contributed by atoms with Crippen LogP contribution in [-0.2, 0) is 7.05 Å². The fraction of sp³-hybridized carbons (Fsp3) is 0.647. The fourth-order valence-corrected chi connectivity index (χ4v) is 2.59. The molecule has 3 nitrogen and oxygen atoms in total. The van der Waals surface area contributed by atoms with Gasteiger partial charge in [-0.2, -0.15) is 0 Å². The van der Waals surface area contributed by atoms with Crippen molar-refractivity contribution in [3.05, 3.63) is 29.9 Å². The molecule has 0 spiro atoms. The van der Waals surface area contributed by atoms with E-state index in [0.717, 1.165) is 12.8 Å². The van der Waals surface area contributed by atoms with Crippen molar-refractivity contribution in [1.82, 2.24) is 9.55 Å². The lowest BCUT2D eigenvalue weighted by molar-refractivity contribution is 0.0946. The van der Waals surface area contributed by atoms with E-state index in [1.54, 1.807) is 10.8 Å².